The number of carbonyl (C=O) groups excluding carboxylic acids is 1. The van der Waals surface area contributed by atoms with Crippen molar-refractivity contribution in [2.45, 2.75) is 46.4 Å². The first-order valence-corrected chi connectivity index (χ1v) is 8.96. The molecule has 1 N–H and O–H groups in total. The predicted octanol–water partition coefficient (Wildman–Crippen LogP) is 2.34. The number of aromatic nitrogens is 4. The van der Waals surface area contributed by atoms with Crippen LogP contribution in [-0.2, 0) is 26.1 Å². The van der Waals surface area contributed by atoms with Gasteiger partial charge in [-0.05, 0) is 32.4 Å². The van der Waals surface area contributed by atoms with Gasteiger partial charge in [-0.2, -0.15) is 0 Å². The van der Waals surface area contributed by atoms with Crippen molar-refractivity contribution >= 4 is 5.91 Å². The summed E-state index contributed by atoms with van der Waals surface area (Å²) in [5.74, 6) is 2.80. The van der Waals surface area contributed by atoms with Crippen LogP contribution < -0.4 is 10.1 Å². The van der Waals surface area contributed by atoms with Crippen LogP contribution in [0.3, 0.4) is 0 Å². The van der Waals surface area contributed by atoms with Crippen LogP contribution >= 0.6 is 0 Å². The van der Waals surface area contributed by atoms with Gasteiger partial charge in [0.15, 0.2) is 5.82 Å². The number of para-hydroxylation sites is 1. The monoisotopic (exact) mass is 367 g/mol. The van der Waals surface area contributed by atoms with Crippen LogP contribution in [0.5, 0.6) is 5.75 Å². The van der Waals surface area contributed by atoms with Crippen LogP contribution in [0, 0.1) is 13.8 Å². The highest BCUT2D eigenvalue weighted by Crippen LogP contribution is 2.22. The molecule has 8 heteroatoms. The fourth-order valence-corrected chi connectivity index (χ4v) is 3.23. The summed E-state index contributed by atoms with van der Waals surface area (Å²) in [4.78, 5) is 12.7. The molecule has 1 aliphatic heterocycles. The Kier molecular flexibility index (Phi) is 4.62. The molecule has 1 amide bonds. The topological polar surface area (TPSA) is 95.1 Å². The van der Waals surface area contributed by atoms with Crippen LogP contribution in [-0.4, -0.2) is 25.8 Å². The number of nitrogens with one attached hydrogen (secondary N) is 1. The van der Waals surface area contributed by atoms with Gasteiger partial charge in [-0.15, -0.1) is 10.2 Å². The van der Waals surface area contributed by atoms with E-state index in [1.165, 1.54) is 0 Å². The summed E-state index contributed by atoms with van der Waals surface area (Å²) in [5.41, 5.74) is 2.16. The van der Waals surface area contributed by atoms with E-state index in [4.69, 9.17) is 9.26 Å². The van der Waals surface area contributed by atoms with Gasteiger partial charge in [-0.25, -0.2) is 0 Å². The Morgan fingerprint density at radius 3 is 2.96 bits per heavy atom. The normalized spacial score (nSPS) is 12.8. The average Bonchev–Trinajstić information content (AvgIpc) is 3.36. The summed E-state index contributed by atoms with van der Waals surface area (Å²) >= 11 is 0. The van der Waals surface area contributed by atoms with Crippen molar-refractivity contribution in [2.24, 2.45) is 0 Å². The number of rotatable bonds is 6. The molecule has 0 radical (unpaired) electrons. The number of hydrogen-bond acceptors (Lipinski definition) is 6. The molecule has 0 saturated heterocycles. The van der Waals surface area contributed by atoms with Crippen molar-refractivity contribution in [1.29, 1.82) is 0 Å². The van der Waals surface area contributed by atoms with Crippen LogP contribution in [0.2, 0.25) is 0 Å². The molecule has 27 heavy (non-hydrogen) atoms. The molecule has 2 aromatic heterocycles. The highest BCUT2D eigenvalue weighted by Gasteiger charge is 2.19. The zero-order valence-electron chi connectivity index (χ0n) is 15.4. The summed E-state index contributed by atoms with van der Waals surface area (Å²) < 4.78 is 13.1. The lowest BCUT2D eigenvalue weighted by Gasteiger charge is -2.11. The van der Waals surface area contributed by atoms with Crippen molar-refractivity contribution < 1.29 is 14.1 Å². The first-order valence-electron chi connectivity index (χ1n) is 8.96. The zero-order valence-corrected chi connectivity index (χ0v) is 15.4. The number of ether oxygens (including phenoxy) is 1. The van der Waals surface area contributed by atoms with Crippen molar-refractivity contribution in [1.82, 2.24) is 25.2 Å². The number of hydrogen-bond donors (Lipinski definition) is 1. The lowest BCUT2D eigenvalue weighted by atomic mass is 10.2. The Balaban J connectivity index is 1.44. The highest BCUT2D eigenvalue weighted by molar-refractivity contribution is 5.96. The lowest BCUT2D eigenvalue weighted by Crippen LogP contribution is -2.25. The molecular weight excluding hydrogens is 346 g/mol. The van der Waals surface area contributed by atoms with Gasteiger partial charge in [0.05, 0.1) is 23.4 Å². The van der Waals surface area contributed by atoms with E-state index >= 15 is 0 Å². The summed E-state index contributed by atoms with van der Waals surface area (Å²) in [7, 11) is 0. The number of benzene rings is 1. The average molecular weight is 367 g/mol. The number of nitrogens with zero attached hydrogens (tertiary/aromatic N) is 4. The van der Waals surface area contributed by atoms with E-state index in [0.29, 0.717) is 24.5 Å². The molecule has 0 saturated carbocycles. The van der Waals surface area contributed by atoms with Gasteiger partial charge in [0.1, 0.15) is 23.9 Å². The Morgan fingerprint density at radius 2 is 2.15 bits per heavy atom. The summed E-state index contributed by atoms with van der Waals surface area (Å²) in [6.45, 7) is 5.25. The number of amides is 1. The van der Waals surface area contributed by atoms with Gasteiger partial charge >= 0.3 is 0 Å². The van der Waals surface area contributed by atoms with Gasteiger partial charge in [0.2, 0.25) is 0 Å². The standard InChI is InChI=1S/C19H21N5O3/c1-12-15(13(2)27-23-12)11-26-16-7-4-3-6-14(16)19(25)20-10-18-22-21-17-8-5-9-24(17)18/h3-4,6-7H,5,8-11H2,1-2H3,(H,20,25). The zero-order chi connectivity index (χ0) is 18.8. The second kappa shape index (κ2) is 7.22. The Labute approximate surface area is 156 Å². The summed E-state index contributed by atoms with van der Waals surface area (Å²) in [6.07, 6.45) is 2.02. The van der Waals surface area contributed by atoms with Crippen LogP contribution in [0.1, 0.15) is 45.4 Å². The molecular formula is C19H21N5O3. The van der Waals surface area contributed by atoms with E-state index in [1.54, 1.807) is 12.1 Å². The van der Waals surface area contributed by atoms with Gasteiger partial charge in [-0.3, -0.25) is 4.79 Å². The van der Waals surface area contributed by atoms with Gasteiger partial charge in [0, 0.05) is 13.0 Å². The quantitative estimate of drug-likeness (QED) is 0.718. The molecule has 8 nitrogen and oxygen atoms in total. The molecule has 3 heterocycles. The molecule has 0 fully saturated rings. The first-order chi connectivity index (χ1) is 13.1. The molecule has 4 rings (SSSR count). The van der Waals surface area contributed by atoms with E-state index < -0.39 is 0 Å². The second-order valence-electron chi connectivity index (χ2n) is 6.56. The summed E-state index contributed by atoms with van der Waals surface area (Å²) in [6, 6.07) is 7.17. The third-order valence-electron chi connectivity index (χ3n) is 4.78. The predicted molar refractivity (Wildman–Crippen MR) is 96.3 cm³/mol. The third-order valence-corrected chi connectivity index (χ3v) is 4.78. The summed E-state index contributed by atoms with van der Waals surface area (Å²) in [5, 5.41) is 15.2. The molecule has 3 aromatic rings. The minimum atomic E-state index is -0.209. The van der Waals surface area contributed by atoms with Gasteiger partial charge < -0.3 is 19.1 Å². The van der Waals surface area contributed by atoms with Gasteiger partial charge in [0.25, 0.3) is 5.91 Å². The van der Waals surface area contributed by atoms with Crippen LogP contribution in [0.15, 0.2) is 28.8 Å². The van der Waals surface area contributed by atoms with Crippen molar-refractivity contribution in [3.05, 3.63) is 58.5 Å². The minimum absolute atomic E-state index is 0.209. The van der Waals surface area contributed by atoms with E-state index in [2.05, 4.69) is 25.2 Å². The fraction of sp³-hybridized carbons (Fsp3) is 0.368. The van der Waals surface area contributed by atoms with Crippen molar-refractivity contribution in [3.63, 3.8) is 0 Å². The van der Waals surface area contributed by atoms with Crippen LogP contribution in [0.4, 0.5) is 0 Å². The Morgan fingerprint density at radius 1 is 1.30 bits per heavy atom. The fourth-order valence-electron chi connectivity index (χ4n) is 3.23. The van der Waals surface area contributed by atoms with Crippen molar-refractivity contribution in [3.8, 4) is 5.75 Å². The minimum Gasteiger partial charge on any atom is -0.488 e. The molecule has 1 aromatic carbocycles. The number of carbonyl (C=O) groups is 1. The maximum Gasteiger partial charge on any atom is 0.255 e. The first kappa shape index (κ1) is 17.3. The highest BCUT2D eigenvalue weighted by atomic mass is 16.5. The van der Waals surface area contributed by atoms with E-state index in [1.807, 2.05) is 26.0 Å². The smallest absolute Gasteiger partial charge is 0.255 e. The largest absolute Gasteiger partial charge is 0.488 e. The van der Waals surface area contributed by atoms with E-state index in [9.17, 15) is 4.79 Å². The van der Waals surface area contributed by atoms with E-state index in [-0.39, 0.29) is 5.91 Å². The number of aryl methyl sites for hydroxylation is 3. The lowest BCUT2D eigenvalue weighted by molar-refractivity contribution is 0.0945. The maximum absolute atomic E-state index is 12.7. The molecule has 1 aliphatic rings. The maximum atomic E-state index is 12.7. The second-order valence-corrected chi connectivity index (χ2v) is 6.56. The molecule has 0 unspecified atom stereocenters. The van der Waals surface area contributed by atoms with Crippen LogP contribution in [0.25, 0.3) is 0 Å². The van der Waals surface area contributed by atoms with E-state index in [0.717, 1.165) is 48.1 Å². The molecule has 0 aliphatic carbocycles. The Hall–Kier alpha value is -3.16. The third kappa shape index (κ3) is 3.42. The Bertz CT molecular complexity index is 956. The van der Waals surface area contributed by atoms with Crippen molar-refractivity contribution in [2.75, 3.05) is 0 Å². The molecule has 0 spiro atoms. The molecule has 0 atom stereocenters. The SMILES string of the molecule is Cc1noc(C)c1COc1ccccc1C(=O)NCc1nnc2n1CCC2. The molecule has 140 valence electrons. The molecule has 0 bridgehead atoms. The van der Waals surface area contributed by atoms with Gasteiger partial charge in [-0.1, -0.05) is 17.3 Å². The number of fused-ring (bicyclic) bond motifs is 1.